The second-order valence-corrected chi connectivity index (χ2v) is 9.68. The van der Waals surface area contributed by atoms with E-state index in [1.165, 1.54) is 17.7 Å². The summed E-state index contributed by atoms with van der Waals surface area (Å²) in [5.41, 5.74) is 2.53. The average Bonchev–Trinajstić information content (AvgIpc) is 3.35. The van der Waals surface area contributed by atoms with Gasteiger partial charge in [0.15, 0.2) is 0 Å². The summed E-state index contributed by atoms with van der Waals surface area (Å²) in [5, 5.41) is 0. The Hall–Kier alpha value is -2.24. The quantitative estimate of drug-likeness (QED) is 0.749. The SMILES string of the molecule is O=C(Cc1cccc(F)c1)N1CCC2(CC1)CN(Cc1ccccc1)C[C@]21CCOC1. The lowest BCUT2D eigenvalue weighted by Crippen LogP contribution is -2.51. The van der Waals surface area contributed by atoms with Gasteiger partial charge in [-0.25, -0.2) is 4.39 Å². The van der Waals surface area contributed by atoms with Gasteiger partial charge in [-0.15, -0.1) is 0 Å². The van der Waals surface area contributed by atoms with Crippen LogP contribution in [0.25, 0.3) is 0 Å². The van der Waals surface area contributed by atoms with E-state index in [1.54, 1.807) is 6.07 Å². The number of amides is 1. The van der Waals surface area contributed by atoms with Crippen LogP contribution in [0.3, 0.4) is 0 Å². The van der Waals surface area contributed by atoms with E-state index in [4.69, 9.17) is 4.74 Å². The zero-order valence-electron chi connectivity index (χ0n) is 18.1. The summed E-state index contributed by atoms with van der Waals surface area (Å²) >= 11 is 0. The number of fused-ring (bicyclic) bond motifs is 1. The van der Waals surface area contributed by atoms with E-state index >= 15 is 0 Å². The summed E-state index contributed by atoms with van der Waals surface area (Å²) in [5.74, 6) is -0.174. The fourth-order valence-corrected chi connectivity index (χ4v) is 6.16. The highest BCUT2D eigenvalue weighted by atomic mass is 19.1. The molecule has 2 spiro atoms. The molecule has 0 aliphatic carbocycles. The van der Waals surface area contributed by atoms with Crippen LogP contribution in [0.15, 0.2) is 54.6 Å². The van der Waals surface area contributed by atoms with Gasteiger partial charge in [0.05, 0.1) is 13.0 Å². The molecular formula is C26H31FN2O2. The Morgan fingerprint density at radius 1 is 0.935 bits per heavy atom. The van der Waals surface area contributed by atoms with Crippen LogP contribution in [0, 0.1) is 16.6 Å². The average molecular weight is 423 g/mol. The lowest BCUT2D eigenvalue weighted by Gasteiger charge is -2.47. The molecule has 2 aromatic rings. The Bertz CT molecular complexity index is 918. The third kappa shape index (κ3) is 4.01. The largest absolute Gasteiger partial charge is 0.381 e. The Labute approximate surface area is 184 Å². The molecule has 3 saturated heterocycles. The molecule has 3 aliphatic rings. The molecule has 3 fully saturated rings. The fourth-order valence-electron chi connectivity index (χ4n) is 6.16. The molecule has 3 heterocycles. The van der Waals surface area contributed by atoms with Gasteiger partial charge in [-0.3, -0.25) is 9.69 Å². The minimum absolute atomic E-state index is 0.108. The topological polar surface area (TPSA) is 32.8 Å². The van der Waals surface area contributed by atoms with Gasteiger partial charge in [0, 0.05) is 44.7 Å². The molecule has 4 nitrogen and oxygen atoms in total. The van der Waals surface area contributed by atoms with Crippen molar-refractivity contribution in [2.24, 2.45) is 10.8 Å². The molecule has 5 rings (SSSR count). The van der Waals surface area contributed by atoms with E-state index in [2.05, 4.69) is 35.2 Å². The predicted octanol–water partition coefficient (Wildman–Crippen LogP) is 3.90. The van der Waals surface area contributed by atoms with Crippen LogP contribution < -0.4 is 0 Å². The molecule has 5 heteroatoms. The monoisotopic (exact) mass is 422 g/mol. The van der Waals surface area contributed by atoms with Crippen LogP contribution in [0.1, 0.15) is 30.4 Å². The van der Waals surface area contributed by atoms with Gasteiger partial charge in [-0.1, -0.05) is 42.5 Å². The minimum atomic E-state index is -0.282. The molecule has 3 aliphatic heterocycles. The van der Waals surface area contributed by atoms with Crippen LogP contribution in [0.4, 0.5) is 4.39 Å². The number of benzene rings is 2. The minimum Gasteiger partial charge on any atom is -0.381 e. The number of ether oxygens (including phenoxy) is 1. The van der Waals surface area contributed by atoms with Crippen molar-refractivity contribution >= 4 is 5.91 Å². The Morgan fingerprint density at radius 3 is 2.39 bits per heavy atom. The highest BCUT2D eigenvalue weighted by Gasteiger charge is 2.59. The Kier molecular flexibility index (Phi) is 5.57. The summed E-state index contributed by atoms with van der Waals surface area (Å²) in [4.78, 5) is 17.5. The maximum Gasteiger partial charge on any atom is 0.226 e. The molecule has 0 aromatic heterocycles. The lowest BCUT2D eigenvalue weighted by molar-refractivity contribution is -0.134. The number of piperidine rings is 1. The van der Waals surface area contributed by atoms with E-state index in [-0.39, 0.29) is 29.0 Å². The Morgan fingerprint density at radius 2 is 1.68 bits per heavy atom. The van der Waals surface area contributed by atoms with Crippen molar-refractivity contribution in [3.05, 3.63) is 71.5 Å². The van der Waals surface area contributed by atoms with Crippen LogP contribution in [0.2, 0.25) is 0 Å². The van der Waals surface area contributed by atoms with Crippen LogP contribution in [0.5, 0.6) is 0 Å². The number of hydrogen-bond donors (Lipinski definition) is 0. The lowest BCUT2D eigenvalue weighted by atomic mass is 9.60. The zero-order chi connectivity index (χ0) is 21.3. The van der Waals surface area contributed by atoms with Crippen molar-refractivity contribution in [3.8, 4) is 0 Å². The standard InChI is InChI=1S/C26H31FN2O2/c27-23-8-4-7-22(15-23)16-24(30)29-12-9-25(10-13-29)18-28(17-21-5-2-1-3-6-21)19-26(25)11-14-31-20-26/h1-8,15H,9-14,16-20H2/t26-/m0/s1. The number of nitrogens with zero attached hydrogens (tertiary/aromatic N) is 2. The normalized spacial score (nSPS) is 25.5. The number of halogens is 1. The first-order chi connectivity index (χ1) is 15.1. The van der Waals surface area contributed by atoms with Crippen molar-refractivity contribution in [2.75, 3.05) is 39.4 Å². The van der Waals surface area contributed by atoms with E-state index in [9.17, 15) is 9.18 Å². The van der Waals surface area contributed by atoms with Crippen molar-refractivity contribution in [3.63, 3.8) is 0 Å². The first-order valence-electron chi connectivity index (χ1n) is 11.4. The molecule has 0 bridgehead atoms. The fraction of sp³-hybridized carbons (Fsp3) is 0.500. The summed E-state index contributed by atoms with van der Waals surface area (Å²) < 4.78 is 19.4. The first-order valence-corrected chi connectivity index (χ1v) is 11.4. The van der Waals surface area contributed by atoms with Gasteiger partial charge < -0.3 is 9.64 Å². The molecule has 0 unspecified atom stereocenters. The maximum absolute atomic E-state index is 13.5. The molecule has 0 radical (unpaired) electrons. The van der Waals surface area contributed by atoms with Gasteiger partial charge in [0.1, 0.15) is 5.82 Å². The predicted molar refractivity (Wildman–Crippen MR) is 118 cm³/mol. The van der Waals surface area contributed by atoms with Crippen molar-refractivity contribution in [1.29, 1.82) is 0 Å². The first kappa shape index (κ1) is 20.7. The van der Waals surface area contributed by atoms with E-state index in [0.29, 0.717) is 0 Å². The third-order valence-corrected chi connectivity index (χ3v) is 7.85. The molecule has 164 valence electrons. The molecule has 0 N–H and O–H groups in total. The summed E-state index contributed by atoms with van der Waals surface area (Å²) in [6, 6.07) is 17.1. The molecule has 31 heavy (non-hydrogen) atoms. The summed E-state index contributed by atoms with van der Waals surface area (Å²) in [6.45, 7) is 6.41. The van der Waals surface area contributed by atoms with Crippen LogP contribution in [-0.4, -0.2) is 55.1 Å². The number of hydrogen-bond acceptors (Lipinski definition) is 3. The van der Waals surface area contributed by atoms with Gasteiger partial charge in [0.25, 0.3) is 0 Å². The molecule has 0 saturated carbocycles. The highest BCUT2D eigenvalue weighted by molar-refractivity contribution is 5.78. The van der Waals surface area contributed by atoms with Crippen LogP contribution >= 0.6 is 0 Å². The third-order valence-electron chi connectivity index (χ3n) is 7.85. The number of likely N-dealkylation sites (tertiary alicyclic amines) is 2. The van der Waals surface area contributed by atoms with Crippen molar-refractivity contribution in [1.82, 2.24) is 9.80 Å². The number of rotatable bonds is 4. The second kappa shape index (κ2) is 8.36. The molecule has 2 aromatic carbocycles. The summed E-state index contributed by atoms with van der Waals surface area (Å²) in [7, 11) is 0. The van der Waals surface area contributed by atoms with Crippen molar-refractivity contribution in [2.45, 2.75) is 32.2 Å². The molecule has 1 atom stereocenters. The summed E-state index contributed by atoms with van der Waals surface area (Å²) in [6.07, 6.45) is 3.45. The van der Waals surface area contributed by atoms with E-state index in [0.717, 1.165) is 70.8 Å². The molecular weight excluding hydrogens is 391 g/mol. The van der Waals surface area contributed by atoms with E-state index in [1.807, 2.05) is 11.0 Å². The van der Waals surface area contributed by atoms with E-state index < -0.39 is 0 Å². The van der Waals surface area contributed by atoms with Gasteiger partial charge in [-0.05, 0) is 47.9 Å². The Balaban J connectivity index is 1.26. The smallest absolute Gasteiger partial charge is 0.226 e. The zero-order valence-corrected chi connectivity index (χ0v) is 18.1. The van der Waals surface area contributed by atoms with Crippen molar-refractivity contribution < 1.29 is 13.9 Å². The van der Waals surface area contributed by atoms with Gasteiger partial charge in [-0.2, -0.15) is 0 Å². The van der Waals surface area contributed by atoms with Gasteiger partial charge >= 0.3 is 0 Å². The second-order valence-electron chi connectivity index (χ2n) is 9.68. The molecule has 1 amide bonds. The number of carbonyl (C=O) groups is 1. The van der Waals surface area contributed by atoms with Crippen LogP contribution in [-0.2, 0) is 22.5 Å². The van der Waals surface area contributed by atoms with Gasteiger partial charge in [0.2, 0.25) is 5.91 Å². The highest BCUT2D eigenvalue weighted by Crippen LogP contribution is 2.57. The number of carbonyl (C=O) groups excluding carboxylic acids is 1. The maximum atomic E-state index is 13.5.